The Hall–Kier alpha value is -0.120. The molecule has 0 spiro atoms. The molecule has 1 aliphatic heterocycles. The first kappa shape index (κ1) is 3.08. The molecule has 0 saturated carbocycles. The van der Waals surface area contributed by atoms with Crippen molar-refractivity contribution in [1.82, 2.24) is 16.0 Å². The molecule has 5 heavy (non-hydrogen) atoms. The van der Waals surface area contributed by atoms with Gasteiger partial charge in [-0.25, -0.2) is 10.4 Å². The zero-order valence-corrected chi connectivity index (χ0v) is 3.15. The van der Waals surface area contributed by atoms with Crippen LogP contribution in [-0.2, 0) is 0 Å². The number of nitrogens with zero attached hydrogens (tertiary/aromatic N) is 1. The summed E-state index contributed by atoms with van der Waals surface area (Å²) >= 11 is 0. The van der Waals surface area contributed by atoms with Gasteiger partial charge in [0.15, 0.2) is 0 Å². The quantitative estimate of drug-likeness (QED) is 0.381. The van der Waals surface area contributed by atoms with Gasteiger partial charge in [-0.05, 0) is 0 Å². The third kappa shape index (κ3) is 0.397. The molecule has 3 heteroatoms. The summed E-state index contributed by atoms with van der Waals surface area (Å²) in [5, 5.41) is 1.94. The van der Waals surface area contributed by atoms with Crippen LogP contribution in [0.3, 0.4) is 0 Å². The first-order valence-electron chi connectivity index (χ1n) is 1.59. The van der Waals surface area contributed by atoms with Gasteiger partial charge in [-0.15, -0.1) is 0 Å². The molecule has 0 atom stereocenters. The van der Waals surface area contributed by atoms with E-state index >= 15 is 0 Å². The molecular weight excluding hydrogens is 66.0 g/mol. The Kier molecular flexibility index (Phi) is 0.574. The van der Waals surface area contributed by atoms with Crippen LogP contribution in [0.1, 0.15) is 0 Å². The number of rotatable bonds is 0. The molecule has 1 rings (SSSR count). The zero-order chi connectivity index (χ0) is 3.70. The Morgan fingerprint density at radius 3 is 2.20 bits per heavy atom. The molecule has 0 bridgehead atoms. The van der Waals surface area contributed by atoms with Gasteiger partial charge in [0.25, 0.3) is 0 Å². The summed E-state index contributed by atoms with van der Waals surface area (Å²) < 4.78 is 0. The van der Waals surface area contributed by atoms with Gasteiger partial charge in [0.2, 0.25) is 0 Å². The molecule has 30 valence electrons. The maximum atomic E-state index is 2.84. The van der Waals surface area contributed by atoms with Gasteiger partial charge in [-0.2, -0.15) is 5.53 Å². The van der Waals surface area contributed by atoms with Crippen LogP contribution < -0.4 is 11.0 Å². The SMILES string of the molecule is CN1CNN1. The highest BCUT2D eigenvalue weighted by molar-refractivity contribution is 4.41. The fourth-order valence-corrected chi connectivity index (χ4v) is 0.237. The Bertz CT molecular complexity index is 31.9. The van der Waals surface area contributed by atoms with Gasteiger partial charge in [-0.1, -0.05) is 0 Å². The van der Waals surface area contributed by atoms with Crippen LogP contribution in [0, 0.1) is 0 Å². The highest BCUT2D eigenvalue weighted by Gasteiger charge is 2.01. The molecule has 0 amide bonds. The second kappa shape index (κ2) is 0.931. The van der Waals surface area contributed by atoms with E-state index in [1.807, 2.05) is 12.1 Å². The zero-order valence-electron chi connectivity index (χ0n) is 3.15. The van der Waals surface area contributed by atoms with Crippen molar-refractivity contribution >= 4 is 0 Å². The predicted octanol–water partition coefficient (Wildman–Crippen LogP) is -1.10. The highest BCUT2D eigenvalue weighted by Crippen LogP contribution is 1.72. The minimum Gasteiger partial charge on any atom is -0.228 e. The smallest absolute Gasteiger partial charge is 0.0774 e. The fourth-order valence-electron chi connectivity index (χ4n) is 0.237. The maximum Gasteiger partial charge on any atom is 0.0774 e. The van der Waals surface area contributed by atoms with Crippen LogP contribution in [0.15, 0.2) is 0 Å². The van der Waals surface area contributed by atoms with Gasteiger partial charge < -0.3 is 0 Å². The van der Waals surface area contributed by atoms with Gasteiger partial charge >= 0.3 is 0 Å². The minimum absolute atomic E-state index is 0.958. The second-order valence-corrected chi connectivity index (χ2v) is 1.14. The Morgan fingerprint density at radius 2 is 2.20 bits per heavy atom. The number of hydrogen-bond donors (Lipinski definition) is 2. The van der Waals surface area contributed by atoms with Crippen molar-refractivity contribution in [2.75, 3.05) is 13.7 Å². The lowest BCUT2D eigenvalue weighted by molar-refractivity contribution is 0.0614. The number of hydrogen-bond acceptors (Lipinski definition) is 3. The molecule has 1 aliphatic rings. The molecule has 0 aromatic carbocycles. The van der Waals surface area contributed by atoms with Gasteiger partial charge in [0.05, 0.1) is 6.67 Å². The van der Waals surface area contributed by atoms with E-state index in [1.165, 1.54) is 0 Å². The summed E-state index contributed by atoms with van der Waals surface area (Å²) in [6.07, 6.45) is 0. The Morgan fingerprint density at radius 1 is 1.80 bits per heavy atom. The molecule has 1 fully saturated rings. The number of nitrogens with one attached hydrogen (secondary N) is 2. The molecule has 0 aromatic heterocycles. The van der Waals surface area contributed by atoms with Crippen molar-refractivity contribution in [3.05, 3.63) is 0 Å². The van der Waals surface area contributed by atoms with Crippen molar-refractivity contribution in [3.63, 3.8) is 0 Å². The molecule has 0 unspecified atom stereocenters. The first-order valence-corrected chi connectivity index (χ1v) is 1.59. The van der Waals surface area contributed by atoms with Crippen molar-refractivity contribution in [2.24, 2.45) is 0 Å². The summed E-state index contributed by atoms with van der Waals surface area (Å²) in [7, 11) is 1.97. The van der Waals surface area contributed by atoms with Gasteiger partial charge in [0, 0.05) is 7.05 Å². The van der Waals surface area contributed by atoms with Crippen molar-refractivity contribution in [3.8, 4) is 0 Å². The maximum absolute atomic E-state index is 2.84. The first-order chi connectivity index (χ1) is 2.39. The van der Waals surface area contributed by atoms with E-state index in [2.05, 4.69) is 11.0 Å². The van der Waals surface area contributed by atoms with E-state index < -0.39 is 0 Å². The summed E-state index contributed by atoms with van der Waals surface area (Å²) in [4.78, 5) is 0. The topological polar surface area (TPSA) is 27.3 Å². The van der Waals surface area contributed by atoms with Crippen LogP contribution >= 0.6 is 0 Å². The average molecular weight is 73.1 g/mol. The Labute approximate surface area is 30.9 Å². The van der Waals surface area contributed by atoms with Crippen LogP contribution in [-0.4, -0.2) is 18.7 Å². The molecule has 2 N–H and O–H groups in total. The van der Waals surface area contributed by atoms with Gasteiger partial charge in [-0.3, -0.25) is 0 Å². The summed E-state index contributed by atoms with van der Waals surface area (Å²) in [5.41, 5.74) is 5.63. The molecule has 0 aliphatic carbocycles. The largest absolute Gasteiger partial charge is 0.228 e. The van der Waals surface area contributed by atoms with E-state index in [1.54, 1.807) is 0 Å². The molecule has 0 aromatic rings. The summed E-state index contributed by atoms with van der Waals surface area (Å²) in [6.45, 7) is 0.958. The lowest BCUT2D eigenvalue weighted by atomic mass is 10.9. The fraction of sp³-hybridized carbons (Fsp3) is 1.00. The van der Waals surface area contributed by atoms with E-state index in [9.17, 15) is 0 Å². The second-order valence-electron chi connectivity index (χ2n) is 1.14. The lowest BCUT2D eigenvalue weighted by Gasteiger charge is -2.27. The normalized spacial score (nSPS) is 25.8. The average Bonchev–Trinajstić information content (AvgIpc) is 1.30. The highest BCUT2D eigenvalue weighted by atomic mass is 15.8. The van der Waals surface area contributed by atoms with Crippen molar-refractivity contribution < 1.29 is 0 Å². The third-order valence-corrected chi connectivity index (χ3v) is 0.586. The summed E-state index contributed by atoms with van der Waals surface area (Å²) in [6, 6.07) is 0. The van der Waals surface area contributed by atoms with Crippen molar-refractivity contribution in [1.29, 1.82) is 0 Å². The van der Waals surface area contributed by atoms with E-state index in [-0.39, 0.29) is 0 Å². The molecular formula is C2H7N3. The van der Waals surface area contributed by atoms with E-state index in [4.69, 9.17) is 0 Å². The monoisotopic (exact) mass is 73.1 g/mol. The molecule has 0 radical (unpaired) electrons. The molecule has 1 saturated heterocycles. The minimum atomic E-state index is 0.958. The number of hydrazine groups is 2. The Balaban J connectivity index is 2.08. The van der Waals surface area contributed by atoms with Crippen LogP contribution in [0.2, 0.25) is 0 Å². The molecule has 1 heterocycles. The van der Waals surface area contributed by atoms with Gasteiger partial charge in [0.1, 0.15) is 0 Å². The standard InChI is InChI=1S/C2H7N3/c1-5-2-3-4-5/h3-4H,2H2,1H3. The lowest BCUT2D eigenvalue weighted by Crippen LogP contribution is -2.61. The predicted molar refractivity (Wildman–Crippen MR) is 18.9 cm³/mol. The van der Waals surface area contributed by atoms with E-state index in [0.717, 1.165) is 6.67 Å². The van der Waals surface area contributed by atoms with Crippen molar-refractivity contribution in [2.45, 2.75) is 0 Å². The van der Waals surface area contributed by atoms with Crippen LogP contribution in [0.5, 0.6) is 0 Å². The summed E-state index contributed by atoms with van der Waals surface area (Å²) in [5.74, 6) is 0. The van der Waals surface area contributed by atoms with Crippen LogP contribution in [0.4, 0.5) is 0 Å². The van der Waals surface area contributed by atoms with E-state index in [0.29, 0.717) is 0 Å². The third-order valence-electron chi connectivity index (χ3n) is 0.586. The molecule has 3 nitrogen and oxygen atoms in total. The van der Waals surface area contributed by atoms with Crippen LogP contribution in [0.25, 0.3) is 0 Å².